The lowest BCUT2D eigenvalue weighted by Gasteiger charge is -2.33. The summed E-state index contributed by atoms with van der Waals surface area (Å²) < 4.78 is 5.57. The van der Waals surface area contributed by atoms with Crippen LogP contribution in [0.25, 0.3) is 11.0 Å². The van der Waals surface area contributed by atoms with E-state index in [0.717, 1.165) is 74.2 Å². The van der Waals surface area contributed by atoms with E-state index < -0.39 is 11.9 Å². The Kier molecular flexibility index (Phi) is 8.81. The number of hydrogen-bond donors (Lipinski definition) is 3. The minimum atomic E-state index is -1.82. The first kappa shape index (κ1) is 26.9. The van der Waals surface area contributed by atoms with Crippen LogP contribution in [0.2, 0.25) is 0 Å². The lowest BCUT2D eigenvalue weighted by molar-refractivity contribution is -0.159. The van der Waals surface area contributed by atoms with E-state index in [9.17, 15) is 0 Å². The van der Waals surface area contributed by atoms with Gasteiger partial charge in [0.1, 0.15) is 17.4 Å². The Labute approximate surface area is 219 Å². The summed E-state index contributed by atoms with van der Waals surface area (Å²) in [6.07, 6.45) is 3.51. The molecule has 202 valence electrons. The third-order valence-corrected chi connectivity index (χ3v) is 6.37. The third-order valence-electron chi connectivity index (χ3n) is 6.37. The number of piperidine rings is 1. The Morgan fingerprint density at radius 3 is 2.26 bits per heavy atom. The van der Waals surface area contributed by atoms with Crippen LogP contribution < -0.4 is 20.4 Å². The van der Waals surface area contributed by atoms with E-state index in [1.165, 1.54) is 5.56 Å². The molecule has 0 atom stereocenters. The number of nitrogens with zero attached hydrogens (tertiary/aromatic N) is 7. The normalized spacial score (nSPS) is 16.1. The lowest BCUT2D eigenvalue weighted by atomic mass is 10.1. The van der Waals surface area contributed by atoms with Crippen LogP contribution in [0.15, 0.2) is 36.7 Å². The maximum absolute atomic E-state index is 9.10. The average molecular weight is 525 g/mol. The third kappa shape index (κ3) is 6.61. The zero-order valence-electron chi connectivity index (χ0n) is 21.2. The quantitative estimate of drug-likeness (QED) is 0.404. The summed E-state index contributed by atoms with van der Waals surface area (Å²) in [5.74, 6) is -1.24. The minimum Gasteiger partial charge on any atom is -0.473 e. The molecule has 0 radical (unpaired) electrons. The summed E-state index contributed by atoms with van der Waals surface area (Å²) in [7, 11) is 2.05. The first-order chi connectivity index (χ1) is 18.3. The number of fused-ring (bicyclic) bond motifs is 1. The molecule has 13 nitrogen and oxygen atoms in total. The Hall–Kier alpha value is -4.10. The minimum absolute atomic E-state index is 0.251. The Morgan fingerprint density at radius 1 is 0.974 bits per heavy atom. The molecule has 38 heavy (non-hydrogen) atoms. The fourth-order valence-corrected chi connectivity index (χ4v) is 4.36. The van der Waals surface area contributed by atoms with Gasteiger partial charge < -0.3 is 35.4 Å². The molecule has 0 unspecified atom stereocenters. The predicted molar refractivity (Wildman–Crippen MR) is 141 cm³/mol. The van der Waals surface area contributed by atoms with E-state index in [4.69, 9.17) is 40.2 Å². The number of ether oxygens (including phenoxy) is 1. The second-order valence-electron chi connectivity index (χ2n) is 9.12. The van der Waals surface area contributed by atoms with Crippen molar-refractivity contribution in [2.75, 3.05) is 61.1 Å². The molecule has 2 aromatic heterocycles. The van der Waals surface area contributed by atoms with Crippen LogP contribution in [0, 0.1) is 0 Å². The number of rotatable bonds is 5. The van der Waals surface area contributed by atoms with Crippen LogP contribution in [0.5, 0.6) is 0 Å². The van der Waals surface area contributed by atoms with Crippen LogP contribution in [0.1, 0.15) is 18.4 Å². The molecule has 2 saturated heterocycles. The van der Waals surface area contributed by atoms with Gasteiger partial charge in [-0.3, -0.25) is 0 Å². The fraction of sp³-hybridized carbons (Fsp3) is 0.440. The molecule has 2 fully saturated rings. The van der Waals surface area contributed by atoms with Crippen LogP contribution in [-0.2, 0) is 20.9 Å². The zero-order valence-corrected chi connectivity index (χ0v) is 21.2. The Balaban J connectivity index is 0.000000505. The number of anilines is 3. The van der Waals surface area contributed by atoms with Gasteiger partial charge >= 0.3 is 11.9 Å². The van der Waals surface area contributed by atoms with Gasteiger partial charge in [-0.1, -0.05) is 30.3 Å². The van der Waals surface area contributed by atoms with Crippen LogP contribution in [0.4, 0.5) is 17.6 Å². The molecule has 0 amide bonds. The highest BCUT2D eigenvalue weighted by Crippen LogP contribution is 2.31. The predicted octanol–water partition coefficient (Wildman–Crippen LogP) is 0.976. The summed E-state index contributed by atoms with van der Waals surface area (Å²) >= 11 is 0. The molecule has 1 aromatic carbocycles. The van der Waals surface area contributed by atoms with Gasteiger partial charge in [-0.2, -0.15) is 4.98 Å². The summed E-state index contributed by atoms with van der Waals surface area (Å²) in [6.45, 7) is 5.40. The maximum atomic E-state index is 9.10. The van der Waals surface area contributed by atoms with Crippen LogP contribution in [0.3, 0.4) is 0 Å². The average Bonchev–Trinajstić information content (AvgIpc) is 2.94. The second-order valence-corrected chi connectivity index (χ2v) is 9.12. The van der Waals surface area contributed by atoms with E-state index in [1.54, 1.807) is 6.33 Å². The zero-order chi connectivity index (χ0) is 27.1. The van der Waals surface area contributed by atoms with Gasteiger partial charge in [-0.15, -0.1) is 0 Å². The first-order valence-corrected chi connectivity index (χ1v) is 12.4. The number of aromatic nitrogens is 4. The topological polar surface area (TPSA) is 171 Å². The number of nitrogens with two attached hydrogens (primary N) is 1. The van der Waals surface area contributed by atoms with Gasteiger partial charge in [-0.25, -0.2) is 24.5 Å². The number of carbonyl (C=O) groups is 2. The van der Waals surface area contributed by atoms with Crippen molar-refractivity contribution in [3.63, 3.8) is 0 Å². The second kappa shape index (κ2) is 12.4. The van der Waals surface area contributed by atoms with Crippen molar-refractivity contribution in [1.82, 2.24) is 19.9 Å². The molecule has 2 aliphatic heterocycles. The van der Waals surface area contributed by atoms with E-state index in [0.29, 0.717) is 13.2 Å². The van der Waals surface area contributed by atoms with Crippen molar-refractivity contribution in [1.29, 1.82) is 0 Å². The molecule has 0 bridgehead atoms. The van der Waals surface area contributed by atoms with Gasteiger partial charge in [0.25, 0.3) is 0 Å². The van der Waals surface area contributed by atoms with Crippen molar-refractivity contribution in [2.24, 2.45) is 5.73 Å². The lowest BCUT2D eigenvalue weighted by Crippen LogP contribution is -2.41. The molecular formula is C25H32N8O5. The van der Waals surface area contributed by atoms with Crippen molar-refractivity contribution >= 4 is 40.6 Å². The van der Waals surface area contributed by atoms with E-state index in [-0.39, 0.29) is 6.04 Å². The van der Waals surface area contributed by atoms with Crippen LogP contribution in [-0.4, -0.2) is 94.6 Å². The number of benzene rings is 1. The van der Waals surface area contributed by atoms with Gasteiger partial charge in [0.05, 0.1) is 13.2 Å². The number of morpholine rings is 1. The standard InChI is InChI=1S/C23H30N8O.C2H2O4/c1-29(15-17-5-3-2-4-6-17)21-20-19(25-16-26-21)22(30-11-13-32-14-12-30)28-23(27-20)31-9-7-18(24)8-10-31;3-1(4)2(5)6/h2-6,16,18H,7-15,24H2,1H3;(H,3,4)(H,5,6). The number of aliphatic carboxylic acids is 2. The Bertz CT molecular complexity index is 1240. The fourth-order valence-electron chi connectivity index (χ4n) is 4.36. The number of carboxylic acids is 2. The molecular weight excluding hydrogens is 492 g/mol. The number of carboxylic acid groups (broad SMARTS) is 2. The maximum Gasteiger partial charge on any atom is 0.414 e. The molecule has 3 aromatic rings. The molecule has 5 rings (SSSR count). The highest BCUT2D eigenvalue weighted by Gasteiger charge is 2.25. The highest BCUT2D eigenvalue weighted by atomic mass is 16.5. The van der Waals surface area contributed by atoms with Gasteiger partial charge in [-0.05, 0) is 18.4 Å². The van der Waals surface area contributed by atoms with Crippen molar-refractivity contribution < 1.29 is 24.5 Å². The van der Waals surface area contributed by atoms with E-state index >= 15 is 0 Å². The molecule has 0 saturated carbocycles. The monoisotopic (exact) mass is 524 g/mol. The van der Waals surface area contributed by atoms with E-state index in [1.807, 2.05) is 13.1 Å². The molecule has 4 heterocycles. The van der Waals surface area contributed by atoms with Crippen molar-refractivity contribution in [2.45, 2.75) is 25.4 Å². The summed E-state index contributed by atoms with van der Waals surface area (Å²) in [4.78, 5) is 44.1. The summed E-state index contributed by atoms with van der Waals surface area (Å²) in [5.41, 5.74) is 8.92. The van der Waals surface area contributed by atoms with Crippen molar-refractivity contribution in [3.8, 4) is 0 Å². The van der Waals surface area contributed by atoms with Crippen LogP contribution >= 0.6 is 0 Å². The van der Waals surface area contributed by atoms with E-state index in [2.05, 4.69) is 48.9 Å². The molecule has 0 aliphatic carbocycles. The molecule has 2 aliphatic rings. The molecule has 4 N–H and O–H groups in total. The molecule has 0 spiro atoms. The SMILES string of the molecule is CN(Cc1ccccc1)c1ncnc2c(N3CCOCC3)nc(N3CCC(N)CC3)nc12.O=C(O)C(=O)O. The van der Waals surface area contributed by atoms with Crippen molar-refractivity contribution in [3.05, 3.63) is 42.2 Å². The summed E-state index contributed by atoms with van der Waals surface area (Å²) in [6, 6.07) is 10.6. The Morgan fingerprint density at radius 2 is 1.63 bits per heavy atom. The highest BCUT2D eigenvalue weighted by molar-refractivity contribution is 6.27. The summed E-state index contributed by atoms with van der Waals surface area (Å²) in [5, 5.41) is 14.8. The van der Waals surface area contributed by atoms with Gasteiger partial charge in [0.15, 0.2) is 11.6 Å². The first-order valence-electron chi connectivity index (χ1n) is 12.4. The number of hydrogen-bond acceptors (Lipinski definition) is 11. The van der Waals surface area contributed by atoms with Gasteiger partial charge in [0.2, 0.25) is 5.95 Å². The largest absolute Gasteiger partial charge is 0.473 e. The van der Waals surface area contributed by atoms with Gasteiger partial charge in [0, 0.05) is 45.8 Å². The molecule has 13 heteroatoms. The smallest absolute Gasteiger partial charge is 0.414 e.